The average Bonchev–Trinajstić information content (AvgIpc) is 3.38. The summed E-state index contributed by atoms with van der Waals surface area (Å²) in [6.45, 7) is 9.41. The van der Waals surface area contributed by atoms with Crippen molar-refractivity contribution in [3.8, 4) is 0 Å². The molecule has 0 amide bonds. The molecular weight excluding hydrogens is 558 g/mol. The molecule has 2 N–H and O–H groups in total. The van der Waals surface area contributed by atoms with Crippen LogP contribution in [-0.2, 0) is 24.2 Å². The Morgan fingerprint density at radius 1 is 0.822 bits per heavy atom. The number of pyridine rings is 1. The number of aromatic nitrogens is 2. The minimum Gasteiger partial charge on any atom is -0.481 e. The molecule has 0 spiro atoms. The highest BCUT2D eigenvalue weighted by Gasteiger charge is 2.20. The van der Waals surface area contributed by atoms with E-state index in [1.807, 2.05) is 47.2 Å². The Bertz CT molecular complexity index is 1700. The van der Waals surface area contributed by atoms with Crippen molar-refractivity contribution in [3.05, 3.63) is 131 Å². The molecule has 0 saturated heterocycles. The van der Waals surface area contributed by atoms with Gasteiger partial charge < -0.3 is 15.0 Å². The monoisotopic (exact) mass is 601 g/mol. The number of anilines is 1. The molecule has 232 valence electrons. The number of carbonyl (C=O) groups is 2. The van der Waals surface area contributed by atoms with E-state index >= 15 is 0 Å². The lowest BCUT2D eigenvalue weighted by Crippen LogP contribution is -2.13. The summed E-state index contributed by atoms with van der Waals surface area (Å²) in [4.78, 5) is 29.5. The summed E-state index contributed by atoms with van der Waals surface area (Å²) in [6, 6.07) is 29.0. The number of carbonyl (C=O) groups excluding carboxylic acids is 1. The first-order chi connectivity index (χ1) is 21.7. The van der Waals surface area contributed by atoms with E-state index in [4.69, 9.17) is 5.11 Å². The van der Waals surface area contributed by atoms with Gasteiger partial charge in [-0.1, -0.05) is 88.4 Å². The zero-order chi connectivity index (χ0) is 31.9. The molecule has 45 heavy (non-hydrogen) atoms. The van der Waals surface area contributed by atoms with Crippen LogP contribution in [0.3, 0.4) is 0 Å². The minimum absolute atomic E-state index is 0.0611. The molecule has 0 atom stereocenters. The summed E-state index contributed by atoms with van der Waals surface area (Å²) in [7, 11) is 0. The van der Waals surface area contributed by atoms with Gasteiger partial charge in [-0.2, -0.15) is 0 Å². The molecule has 0 radical (unpaired) electrons. The lowest BCUT2D eigenvalue weighted by Gasteiger charge is -2.22. The maximum Gasteiger partial charge on any atom is 0.303 e. The topological polar surface area (TPSA) is 84.2 Å². The summed E-state index contributed by atoms with van der Waals surface area (Å²) in [5.74, 6) is 0.249. The standard InChI is InChI=1S/C39H43N3O3/c1-26(2)22-28-12-16-30(17-13-28)37(31-18-14-29(15-19-31)23-27(3)4)41-33-9-5-8-32(24-33)38(45)35-25-42(21-7-11-36(43)44)39-34(35)10-6-20-40-39/h5-6,8-10,12-20,24-27,37,41H,7,11,21-23H2,1-4H3,(H,43,44). The molecule has 0 unspecified atom stereocenters. The van der Waals surface area contributed by atoms with E-state index in [2.05, 4.69) is 86.5 Å². The molecule has 5 rings (SSSR count). The molecule has 6 heteroatoms. The number of ketones is 1. The van der Waals surface area contributed by atoms with E-state index < -0.39 is 5.97 Å². The van der Waals surface area contributed by atoms with Crippen molar-refractivity contribution in [2.24, 2.45) is 11.8 Å². The average molecular weight is 602 g/mol. The molecule has 6 nitrogen and oxygen atoms in total. The van der Waals surface area contributed by atoms with Crippen LogP contribution in [0, 0.1) is 11.8 Å². The van der Waals surface area contributed by atoms with Gasteiger partial charge in [0.2, 0.25) is 0 Å². The van der Waals surface area contributed by atoms with E-state index in [9.17, 15) is 9.59 Å². The molecule has 2 aromatic heterocycles. The van der Waals surface area contributed by atoms with Gasteiger partial charge in [0.05, 0.1) is 6.04 Å². The number of aliphatic carboxylic acids is 1. The second-order valence-electron chi connectivity index (χ2n) is 12.8. The highest BCUT2D eigenvalue weighted by Crippen LogP contribution is 2.30. The number of hydrogen-bond acceptors (Lipinski definition) is 4. The second-order valence-corrected chi connectivity index (χ2v) is 12.8. The number of rotatable bonds is 14. The zero-order valence-electron chi connectivity index (χ0n) is 26.7. The Balaban J connectivity index is 1.44. The van der Waals surface area contributed by atoms with Gasteiger partial charge in [0.15, 0.2) is 5.78 Å². The molecule has 0 aliphatic rings. The molecule has 0 bridgehead atoms. The fraction of sp³-hybridized carbons (Fsp3) is 0.308. The maximum atomic E-state index is 13.9. The van der Waals surface area contributed by atoms with E-state index in [1.165, 1.54) is 11.1 Å². The summed E-state index contributed by atoms with van der Waals surface area (Å²) in [6.07, 6.45) is 6.10. The molecule has 2 heterocycles. The normalized spacial score (nSPS) is 11.5. The number of nitrogens with zero attached hydrogens (tertiary/aromatic N) is 2. The predicted molar refractivity (Wildman–Crippen MR) is 182 cm³/mol. The van der Waals surface area contributed by atoms with Crippen molar-refractivity contribution < 1.29 is 14.7 Å². The van der Waals surface area contributed by atoms with Crippen LogP contribution >= 0.6 is 0 Å². The summed E-state index contributed by atoms with van der Waals surface area (Å²) in [5, 5.41) is 13.6. The summed E-state index contributed by atoms with van der Waals surface area (Å²) < 4.78 is 1.88. The van der Waals surface area contributed by atoms with Gasteiger partial charge >= 0.3 is 5.97 Å². The van der Waals surface area contributed by atoms with E-state index in [0.717, 1.165) is 35.0 Å². The Kier molecular flexibility index (Phi) is 10.1. The number of benzene rings is 3. The first kappa shape index (κ1) is 31.7. The Hall–Kier alpha value is -4.71. The number of carboxylic acid groups (broad SMARTS) is 1. The van der Waals surface area contributed by atoms with Crippen LogP contribution in [0.4, 0.5) is 5.69 Å². The summed E-state index contributed by atoms with van der Waals surface area (Å²) >= 11 is 0. The number of aryl methyl sites for hydroxylation is 1. The highest BCUT2D eigenvalue weighted by atomic mass is 16.4. The Morgan fingerprint density at radius 2 is 1.44 bits per heavy atom. The van der Waals surface area contributed by atoms with Gasteiger partial charge in [-0.05, 0) is 77.6 Å². The van der Waals surface area contributed by atoms with Crippen LogP contribution in [0.2, 0.25) is 0 Å². The van der Waals surface area contributed by atoms with Gasteiger partial charge in [0, 0.05) is 47.6 Å². The quantitative estimate of drug-likeness (QED) is 0.124. The van der Waals surface area contributed by atoms with Crippen molar-refractivity contribution in [3.63, 3.8) is 0 Å². The molecule has 0 saturated carbocycles. The largest absolute Gasteiger partial charge is 0.481 e. The number of fused-ring (bicyclic) bond motifs is 1. The number of carboxylic acids is 1. The Labute approximate surface area is 266 Å². The fourth-order valence-corrected chi connectivity index (χ4v) is 5.94. The highest BCUT2D eigenvalue weighted by molar-refractivity contribution is 6.16. The SMILES string of the molecule is CC(C)Cc1ccc(C(Nc2cccc(C(=O)c3cn(CCCC(=O)O)c4ncccc34)c2)c2ccc(CC(C)C)cc2)cc1. The van der Waals surface area contributed by atoms with E-state index in [-0.39, 0.29) is 18.2 Å². The van der Waals surface area contributed by atoms with Crippen molar-refractivity contribution in [2.75, 3.05) is 5.32 Å². The molecule has 5 aromatic rings. The first-order valence-electron chi connectivity index (χ1n) is 15.9. The van der Waals surface area contributed by atoms with E-state index in [0.29, 0.717) is 41.6 Å². The molecule has 3 aromatic carbocycles. The van der Waals surface area contributed by atoms with Gasteiger partial charge in [-0.3, -0.25) is 9.59 Å². The lowest BCUT2D eigenvalue weighted by molar-refractivity contribution is -0.137. The van der Waals surface area contributed by atoms with Crippen molar-refractivity contribution in [1.29, 1.82) is 0 Å². The number of nitrogens with one attached hydrogen (secondary N) is 1. The van der Waals surface area contributed by atoms with Crippen molar-refractivity contribution in [1.82, 2.24) is 9.55 Å². The van der Waals surface area contributed by atoms with Crippen LogP contribution in [-0.4, -0.2) is 26.4 Å². The number of hydrogen-bond donors (Lipinski definition) is 2. The molecular formula is C39H43N3O3. The van der Waals surface area contributed by atoms with Gasteiger partial charge in [-0.15, -0.1) is 0 Å². The fourth-order valence-electron chi connectivity index (χ4n) is 5.94. The van der Waals surface area contributed by atoms with Crippen molar-refractivity contribution >= 4 is 28.5 Å². The van der Waals surface area contributed by atoms with Crippen molar-refractivity contribution in [2.45, 2.75) is 66.0 Å². The van der Waals surface area contributed by atoms with Gasteiger partial charge in [0.1, 0.15) is 5.65 Å². The van der Waals surface area contributed by atoms with Crippen LogP contribution in [0.15, 0.2) is 97.3 Å². The summed E-state index contributed by atoms with van der Waals surface area (Å²) in [5.41, 5.74) is 7.63. The maximum absolute atomic E-state index is 13.9. The van der Waals surface area contributed by atoms with Gasteiger partial charge in [-0.25, -0.2) is 4.98 Å². The lowest BCUT2D eigenvalue weighted by atomic mass is 9.93. The smallest absolute Gasteiger partial charge is 0.303 e. The van der Waals surface area contributed by atoms with E-state index in [1.54, 1.807) is 6.20 Å². The predicted octanol–water partition coefficient (Wildman–Crippen LogP) is 8.73. The third-order valence-electron chi connectivity index (χ3n) is 8.02. The molecule has 0 aliphatic carbocycles. The third kappa shape index (κ3) is 8.07. The van der Waals surface area contributed by atoms with Gasteiger partial charge in [0.25, 0.3) is 0 Å². The molecule has 0 aliphatic heterocycles. The Morgan fingerprint density at radius 3 is 2.02 bits per heavy atom. The van der Waals surface area contributed by atoms with Crippen LogP contribution in [0.5, 0.6) is 0 Å². The first-order valence-corrected chi connectivity index (χ1v) is 15.9. The second kappa shape index (κ2) is 14.4. The van der Waals surface area contributed by atoms with Crippen LogP contribution in [0.25, 0.3) is 11.0 Å². The third-order valence-corrected chi connectivity index (χ3v) is 8.02. The zero-order valence-corrected chi connectivity index (χ0v) is 26.7. The minimum atomic E-state index is -0.837. The van der Waals surface area contributed by atoms with Crippen LogP contribution < -0.4 is 5.32 Å². The molecule has 0 fully saturated rings. The van der Waals surface area contributed by atoms with Crippen LogP contribution in [0.1, 0.15) is 84.8 Å².